The second-order valence-electron chi connectivity index (χ2n) is 5.84. The molecule has 142 valence electrons. The number of pyridine rings is 2. The van der Waals surface area contributed by atoms with Crippen molar-refractivity contribution in [2.75, 3.05) is 5.32 Å². The highest BCUT2D eigenvalue weighted by Crippen LogP contribution is 2.26. The van der Waals surface area contributed by atoms with Gasteiger partial charge in [0.2, 0.25) is 0 Å². The van der Waals surface area contributed by atoms with Crippen LogP contribution < -0.4 is 10.6 Å². The molecule has 2 heterocycles. The Balaban J connectivity index is 2.27. The van der Waals surface area contributed by atoms with Crippen molar-refractivity contribution in [3.05, 3.63) is 51.3 Å². The number of anilines is 1. The third-order valence-electron chi connectivity index (χ3n) is 3.50. The van der Waals surface area contributed by atoms with E-state index < -0.39 is 22.9 Å². The maximum atomic E-state index is 13.5. The number of aromatic nitrogens is 2. The summed E-state index contributed by atoms with van der Waals surface area (Å²) in [6.45, 7) is 5.01. The number of urea groups is 1. The summed E-state index contributed by atoms with van der Waals surface area (Å²) in [4.78, 5) is 43.9. The lowest BCUT2D eigenvalue weighted by molar-refractivity contribution is 0.0965. The Bertz CT molecular complexity index is 935. The Morgan fingerprint density at radius 1 is 1.15 bits per heavy atom. The molecular formula is C17H15Cl2FN4O3. The van der Waals surface area contributed by atoms with Gasteiger partial charge in [-0.3, -0.25) is 19.9 Å². The first kappa shape index (κ1) is 20.7. The van der Waals surface area contributed by atoms with E-state index in [1.54, 1.807) is 0 Å². The second-order valence-corrected chi connectivity index (χ2v) is 6.55. The number of nitrogens with one attached hydrogen (secondary N) is 2. The van der Waals surface area contributed by atoms with Gasteiger partial charge in [-0.2, -0.15) is 0 Å². The lowest BCUT2D eigenvalue weighted by Crippen LogP contribution is -2.35. The topological polar surface area (TPSA) is 101 Å². The lowest BCUT2D eigenvalue weighted by atomic mass is 10.0. The van der Waals surface area contributed by atoms with E-state index in [0.29, 0.717) is 5.69 Å². The second kappa shape index (κ2) is 8.41. The van der Waals surface area contributed by atoms with Crippen LogP contribution in [0.15, 0.2) is 18.3 Å². The Morgan fingerprint density at radius 2 is 1.81 bits per heavy atom. The summed E-state index contributed by atoms with van der Waals surface area (Å²) in [5.41, 5.74) is 0.545. The summed E-state index contributed by atoms with van der Waals surface area (Å²) in [5.74, 6) is -2.33. The summed E-state index contributed by atoms with van der Waals surface area (Å²) < 4.78 is 13.5. The highest BCUT2D eigenvalue weighted by atomic mass is 35.5. The van der Waals surface area contributed by atoms with Crippen LogP contribution in [0.25, 0.3) is 0 Å². The minimum absolute atomic E-state index is 0.0979. The number of carbonyl (C=O) groups is 3. The molecule has 0 aromatic carbocycles. The fourth-order valence-corrected chi connectivity index (χ4v) is 2.67. The molecule has 10 heteroatoms. The number of ketones is 1. The van der Waals surface area contributed by atoms with E-state index in [1.165, 1.54) is 19.2 Å². The number of hydrogen-bond donors (Lipinski definition) is 2. The molecule has 0 aliphatic carbocycles. The lowest BCUT2D eigenvalue weighted by Gasteiger charge is -2.16. The monoisotopic (exact) mass is 412 g/mol. The summed E-state index contributed by atoms with van der Waals surface area (Å²) in [7, 11) is 0. The Labute approximate surface area is 164 Å². The zero-order valence-electron chi connectivity index (χ0n) is 14.6. The van der Waals surface area contributed by atoms with Gasteiger partial charge in [0, 0.05) is 11.8 Å². The van der Waals surface area contributed by atoms with Crippen molar-refractivity contribution in [1.82, 2.24) is 15.3 Å². The number of rotatable bonds is 4. The van der Waals surface area contributed by atoms with Crippen LogP contribution in [-0.4, -0.2) is 27.7 Å². The molecule has 0 saturated carbocycles. The molecule has 0 aliphatic rings. The standard InChI is InChI=1S/C17H15Cl2FN4O3/c1-7(2)12-13(9(8(3)25)4-5-21-12)22-17(27)24-16(26)10-6-11(20)15(19)23-14(10)18/h4-7H,1-3H3,(H2,22,24,26,27). The maximum absolute atomic E-state index is 13.5. The summed E-state index contributed by atoms with van der Waals surface area (Å²) in [5, 5.41) is 3.60. The average Bonchev–Trinajstić information content (AvgIpc) is 2.57. The molecule has 2 aromatic rings. The molecule has 0 unspecified atom stereocenters. The van der Waals surface area contributed by atoms with Gasteiger partial charge in [0.1, 0.15) is 5.15 Å². The van der Waals surface area contributed by atoms with Crippen LogP contribution in [0.2, 0.25) is 10.3 Å². The van der Waals surface area contributed by atoms with Gasteiger partial charge in [-0.05, 0) is 25.0 Å². The zero-order valence-corrected chi connectivity index (χ0v) is 16.1. The van der Waals surface area contributed by atoms with Crippen molar-refractivity contribution in [3.63, 3.8) is 0 Å². The van der Waals surface area contributed by atoms with Crippen molar-refractivity contribution < 1.29 is 18.8 Å². The molecule has 27 heavy (non-hydrogen) atoms. The number of nitrogens with zero attached hydrogens (tertiary/aromatic N) is 2. The first-order valence-corrected chi connectivity index (χ1v) is 8.51. The first-order chi connectivity index (χ1) is 12.6. The van der Waals surface area contributed by atoms with Gasteiger partial charge < -0.3 is 5.32 Å². The Hall–Kier alpha value is -2.58. The highest BCUT2D eigenvalue weighted by molar-refractivity contribution is 6.35. The third-order valence-corrected chi connectivity index (χ3v) is 4.06. The largest absolute Gasteiger partial charge is 0.326 e. The van der Waals surface area contributed by atoms with Gasteiger partial charge in [0.15, 0.2) is 16.8 Å². The minimum atomic E-state index is -0.986. The fourth-order valence-electron chi connectivity index (χ4n) is 2.26. The van der Waals surface area contributed by atoms with Crippen molar-refractivity contribution in [3.8, 4) is 0 Å². The molecule has 2 rings (SSSR count). The van der Waals surface area contributed by atoms with Crippen molar-refractivity contribution in [1.29, 1.82) is 0 Å². The number of halogens is 3. The third kappa shape index (κ3) is 4.78. The zero-order chi connectivity index (χ0) is 20.3. The molecule has 0 radical (unpaired) electrons. The first-order valence-electron chi connectivity index (χ1n) is 7.75. The van der Waals surface area contributed by atoms with E-state index in [-0.39, 0.29) is 33.7 Å². The normalized spacial score (nSPS) is 10.6. The molecule has 7 nitrogen and oxygen atoms in total. The van der Waals surface area contributed by atoms with Crippen LogP contribution in [0.4, 0.5) is 14.9 Å². The van der Waals surface area contributed by atoms with Crippen LogP contribution >= 0.6 is 23.2 Å². The van der Waals surface area contributed by atoms with E-state index in [0.717, 1.165) is 6.07 Å². The van der Waals surface area contributed by atoms with E-state index in [4.69, 9.17) is 23.2 Å². The molecule has 0 fully saturated rings. The van der Waals surface area contributed by atoms with Gasteiger partial charge in [-0.1, -0.05) is 37.0 Å². The van der Waals surface area contributed by atoms with Crippen LogP contribution in [0, 0.1) is 5.82 Å². The summed E-state index contributed by atoms with van der Waals surface area (Å²) in [6.07, 6.45) is 1.46. The fraction of sp³-hybridized carbons (Fsp3) is 0.235. The van der Waals surface area contributed by atoms with Crippen LogP contribution in [0.3, 0.4) is 0 Å². The number of amides is 3. The van der Waals surface area contributed by atoms with E-state index in [1.807, 2.05) is 19.2 Å². The van der Waals surface area contributed by atoms with E-state index >= 15 is 0 Å². The predicted octanol–water partition coefficient (Wildman–Crippen LogP) is 4.21. The van der Waals surface area contributed by atoms with Crippen LogP contribution in [0.5, 0.6) is 0 Å². The molecule has 0 aliphatic heterocycles. The minimum Gasteiger partial charge on any atom is -0.305 e. The maximum Gasteiger partial charge on any atom is 0.326 e. The SMILES string of the molecule is CC(=O)c1ccnc(C(C)C)c1NC(=O)NC(=O)c1cc(F)c(Cl)nc1Cl. The van der Waals surface area contributed by atoms with E-state index in [2.05, 4.69) is 15.3 Å². The van der Waals surface area contributed by atoms with Crippen LogP contribution in [0.1, 0.15) is 53.1 Å². The van der Waals surface area contributed by atoms with Gasteiger partial charge in [0.05, 0.1) is 16.9 Å². The van der Waals surface area contributed by atoms with Gasteiger partial charge >= 0.3 is 6.03 Å². The average molecular weight is 413 g/mol. The molecule has 0 saturated heterocycles. The summed E-state index contributed by atoms with van der Waals surface area (Å²) >= 11 is 11.2. The predicted molar refractivity (Wildman–Crippen MR) is 99.0 cm³/mol. The smallest absolute Gasteiger partial charge is 0.305 e. The molecule has 2 aromatic heterocycles. The Morgan fingerprint density at radius 3 is 2.41 bits per heavy atom. The summed E-state index contributed by atoms with van der Waals surface area (Å²) in [6, 6.07) is 1.29. The molecule has 0 bridgehead atoms. The van der Waals surface area contributed by atoms with Gasteiger partial charge in [-0.25, -0.2) is 14.2 Å². The van der Waals surface area contributed by atoms with Crippen molar-refractivity contribution in [2.45, 2.75) is 26.7 Å². The van der Waals surface area contributed by atoms with Crippen molar-refractivity contribution in [2.24, 2.45) is 0 Å². The van der Waals surface area contributed by atoms with Crippen molar-refractivity contribution >= 4 is 46.6 Å². The molecule has 0 atom stereocenters. The number of imide groups is 1. The number of carbonyl (C=O) groups excluding carboxylic acids is 3. The molecule has 0 spiro atoms. The van der Waals surface area contributed by atoms with Gasteiger partial charge in [0.25, 0.3) is 5.91 Å². The quantitative estimate of drug-likeness (QED) is 0.578. The van der Waals surface area contributed by atoms with Gasteiger partial charge in [-0.15, -0.1) is 0 Å². The van der Waals surface area contributed by atoms with Crippen LogP contribution in [-0.2, 0) is 0 Å². The highest BCUT2D eigenvalue weighted by Gasteiger charge is 2.21. The number of Topliss-reactive ketones (excluding diaryl/α,β-unsaturated/α-hetero) is 1. The molecular weight excluding hydrogens is 398 g/mol. The molecule has 3 amide bonds. The molecule has 2 N–H and O–H groups in total. The Kier molecular flexibility index (Phi) is 6.45. The number of hydrogen-bond acceptors (Lipinski definition) is 5. The van der Waals surface area contributed by atoms with E-state index in [9.17, 15) is 18.8 Å².